The molecule has 0 heteroatoms. The van der Waals surface area contributed by atoms with E-state index in [1.807, 2.05) is 0 Å². The van der Waals surface area contributed by atoms with Crippen molar-refractivity contribution in [3.63, 3.8) is 0 Å². The lowest BCUT2D eigenvalue weighted by molar-refractivity contribution is 1.60. The maximum Gasteiger partial charge on any atom is -0.00928 e. The first-order valence-electron chi connectivity index (χ1n) is 19.5. The molecule has 0 amide bonds. The molecule has 0 aliphatic rings. The molecule has 0 atom stereocenters. The molecular weight excluding hydrogens is 673 g/mol. The summed E-state index contributed by atoms with van der Waals surface area (Å²) < 4.78 is 0. The van der Waals surface area contributed by atoms with E-state index in [-0.39, 0.29) is 0 Å². The zero-order valence-electron chi connectivity index (χ0n) is 30.6. The molecule has 0 radical (unpaired) electrons. The first kappa shape index (κ1) is 31.1. The highest BCUT2D eigenvalue weighted by molar-refractivity contribution is 6.27. The van der Waals surface area contributed by atoms with E-state index in [0.717, 1.165) is 0 Å². The Kier molecular flexibility index (Phi) is 6.73. The number of rotatable bonds is 3. The van der Waals surface area contributed by atoms with Gasteiger partial charge in [-0.25, -0.2) is 0 Å². The number of hydrogen-bond donors (Lipinski definition) is 0. The van der Waals surface area contributed by atoms with E-state index in [0.29, 0.717) is 0 Å². The van der Waals surface area contributed by atoms with Crippen LogP contribution in [0.25, 0.3) is 120 Å². The normalized spacial score (nSPS) is 11.9. The third-order valence-corrected chi connectivity index (χ3v) is 12.2. The van der Waals surface area contributed by atoms with E-state index in [4.69, 9.17) is 0 Å². The maximum atomic E-state index is 2.42. The average molecular weight is 707 g/mol. The average Bonchev–Trinajstić information content (AvgIpc) is 3.28. The summed E-state index contributed by atoms with van der Waals surface area (Å²) in [5, 5.41) is 20.6. The van der Waals surface area contributed by atoms with Crippen LogP contribution in [0.2, 0.25) is 0 Å². The van der Waals surface area contributed by atoms with Crippen molar-refractivity contribution >= 4 is 86.2 Å². The molecule has 258 valence electrons. The lowest BCUT2D eigenvalue weighted by Gasteiger charge is -2.16. The van der Waals surface area contributed by atoms with Crippen LogP contribution in [0.3, 0.4) is 0 Å². The van der Waals surface area contributed by atoms with Gasteiger partial charge in [0.2, 0.25) is 0 Å². The molecular formula is C56H34. The van der Waals surface area contributed by atoms with Gasteiger partial charge in [0.25, 0.3) is 0 Å². The van der Waals surface area contributed by atoms with Crippen molar-refractivity contribution in [3.8, 4) is 33.4 Å². The number of fused-ring (bicyclic) bond motifs is 15. The first-order chi connectivity index (χ1) is 27.7. The van der Waals surface area contributed by atoms with Crippen molar-refractivity contribution < 1.29 is 0 Å². The van der Waals surface area contributed by atoms with E-state index in [9.17, 15) is 0 Å². The summed E-state index contributed by atoms with van der Waals surface area (Å²) in [7, 11) is 0. The highest BCUT2D eigenvalue weighted by atomic mass is 14.2. The molecule has 0 unspecified atom stereocenters. The fraction of sp³-hybridized carbons (Fsp3) is 0. The molecule has 12 aromatic carbocycles. The van der Waals surface area contributed by atoms with Gasteiger partial charge in [-0.15, -0.1) is 0 Å². The smallest absolute Gasteiger partial charge is 0.00928 e. The molecule has 56 heavy (non-hydrogen) atoms. The zero-order valence-corrected chi connectivity index (χ0v) is 30.6. The quantitative estimate of drug-likeness (QED) is 0.160. The Labute approximate surface area is 324 Å². The summed E-state index contributed by atoms with van der Waals surface area (Å²) >= 11 is 0. The van der Waals surface area contributed by atoms with Crippen LogP contribution in [0.4, 0.5) is 0 Å². The predicted octanol–water partition coefficient (Wildman–Crippen LogP) is 15.9. The Bertz CT molecular complexity index is 3340. The van der Waals surface area contributed by atoms with Crippen LogP contribution in [0, 0.1) is 0 Å². The Balaban J connectivity index is 1.13. The van der Waals surface area contributed by atoms with Crippen LogP contribution >= 0.6 is 0 Å². The van der Waals surface area contributed by atoms with Crippen molar-refractivity contribution in [1.29, 1.82) is 0 Å². The molecule has 0 aromatic heterocycles. The Morgan fingerprint density at radius 3 is 0.821 bits per heavy atom. The SMILES string of the molecule is c1ccc2c(c1)ccc1ccc(-c3cc(-c4ccc5c6ccccc6c6ccccc6c5c4)cc(-c4ccc5c6ccccc6c6ccccc6c5c4)c3)cc12. The second-order valence-electron chi connectivity index (χ2n) is 15.2. The minimum atomic E-state index is 1.21. The highest BCUT2D eigenvalue weighted by Gasteiger charge is 2.15. The fourth-order valence-electron chi connectivity index (χ4n) is 9.48. The largest absolute Gasteiger partial charge is 0.0616 e. The third kappa shape index (κ3) is 4.73. The topological polar surface area (TPSA) is 0 Å². The Hall–Kier alpha value is -7.28. The third-order valence-electron chi connectivity index (χ3n) is 12.2. The van der Waals surface area contributed by atoms with Gasteiger partial charge >= 0.3 is 0 Å². The molecule has 0 spiro atoms. The number of benzene rings is 12. The van der Waals surface area contributed by atoms with Gasteiger partial charge < -0.3 is 0 Å². The van der Waals surface area contributed by atoms with Gasteiger partial charge in [-0.2, -0.15) is 0 Å². The van der Waals surface area contributed by atoms with Gasteiger partial charge in [0.15, 0.2) is 0 Å². The summed E-state index contributed by atoms with van der Waals surface area (Å²) in [6.45, 7) is 0. The van der Waals surface area contributed by atoms with Crippen LogP contribution in [0.15, 0.2) is 206 Å². The van der Waals surface area contributed by atoms with E-state index in [2.05, 4.69) is 206 Å². The van der Waals surface area contributed by atoms with Gasteiger partial charge in [-0.05, 0) is 156 Å². The van der Waals surface area contributed by atoms with Gasteiger partial charge in [0.05, 0.1) is 0 Å². The molecule has 0 aliphatic heterocycles. The molecule has 0 saturated carbocycles. The molecule has 0 bridgehead atoms. The molecule has 0 fully saturated rings. The van der Waals surface area contributed by atoms with Gasteiger partial charge in [-0.1, -0.05) is 170 Å². The second-order valence-corrected chi connectivity index (χ2v) is 15.2. The van der Waals surface area contributed by atoms with Crippen molar-refractivity contribution in [1.82, 2.24) is 0 Å². The lowest BCUT2D eigenvalue weighted by Crippen LogP contribution is -1.89. The van der Waals surface area contributed by atoms with Gasteiger partial charge in [0.1, 0.15) is 0 Å². The van der Waals surface area contributed by atoms with Crippen LogP contribution in [-0.2, 0) is 0 Å². The fourth-order valence-corrected chi connectivity index (χ4v) is 9.48. The van der Waals surface area contributed by atoms with Crippen molar-refractivity contribution in [2.75, 3.05) is 0 Å². The van der Waals surface area contributed by atoms with E-state index in [1.54, 1.807) is 0 Å². The number of hydrogen-bond acceptors (Lipinski definition) is 0. The second kappa shape index (κ2) is 12.1. The molecule has 0 nitrogen and oxygen atoms in total. The van der Waals surface area contributed by atoms with Crippen LogP contribution in [-0.4, -0.2) is 0 Å². The Morgan fingerprint density at radius 1 is 0.143 bits per heavy atom. The van der Waals surface area contributed by atoms with Crippen molar-refractivity contribution in [3.05, 3.63) is 206 Å². The predicted molar refractivity (Wildman–Crippen MR) is 243 cm³/mol. The minimum absolute atomic E-state index is 1.21. The van der Waals surface area contributed by atoms with Crippen LogP contribution in [0.1, 0.15) is 0 Å². The van der Waals surface area contributed by atoms with Crippen molar-refractivity contribution in [2.24, 2.45) is 0 Å². The van der Waals surface area contributed by atoms with Gasteiger partial charge in [0, 0.05) is 0 Å². The molecule has 0 heterocycles. The molecule has 0 N–H and O–H groups in total. The summed E-state index contributed by atoms with van der Waals surface area (Å²) in [4.78, 5) is 0. The molecule has 12 aromatic rings. The van der Waals surface area contributed by atoms with Gasteiger partial charge in [-0.3, -0.25) is 0 Å². The summed E-state index contributed by atoms with van der Waals surface area (Å²) in [5.41, 5.74) is 7.26. The van der Waals surface area contributed by atoms with E-state index in [1.165, 1.54) is 120 Å². The monoisotopic (exact) mass is 706 g/mol. The molecule has 0 saturated heterocycles. The van der Waals surface area contributed by atoms with E-state index >= 15 is 0 Å². The van der Waals surface area contributed by atoms with E-state index < -0.39 is 0 Å². The van der Waals surface area contributed by atoms with Crippen LogP contribution < -0.4 is 0 Å². The summed E-state index contributed by atoms with van der Waals surface area (Å²) in [5.74, 6) is 0. The molecule has 12 rings (SSSR count). The zero-order chi connectivity index (χ0) is 36.7. The summed E-state index contributed by atoms with van der Waals surface area (Å²) in [6.07, 6.45) is 0. The minimum Gasteiger partial charge on any atom is -0.0616 e. The maximum absolute atomic E-state index is 2.42. The first-order valence-corrected chi connectivity index (χ1v) is 19.5. The lowest BCUT2D eigenvalue weighted by atomic mass is 9.88. The summed E-state index contributed by atoms with van der Waals surface area (Å²) in [6, 6.07) is 76.8. The standard InChI is InChI=1S/C56H34/c1-2-12-43-35(11-1)21-22-36-23-24-37(32-54(36)43)40-29-41(38-25-27-52-48-17-5-3-13-44(48)46-15-7-9-19-50(46)55(52)33-38)31-42(30-40)39-26-28-53-49-18-6-4-14-45(49)47-16-8-10-20-51(47)56(53)34-39/h1-34H. The Morgan fingerprint density at radius 2 is 0.411 bits per heavy atom. The van der Waals surface area contributed by atoms with Crippen LogP contribution in [0.5, 0.6) is 0 Å². The van der Waals surface area contributed by atoms with Crippen molar-refractivity contribution in [2.45, 2.75) is 0 Å². The highest BCUT2D eigenvalue weighted by Crippen LogP contribution is 2.42. The molecule has 0 aliphatic carbocycles.